The van der Waals surface area contributed by atoms with E-state index in [0.717, 1.165) is 0 Å². The smallest absolute Gasteiger partial charge is 0.292 e. The van der Waals surface area contributed by atoms with Gasteiger partial charge in [-0.05, 0) is 25.1 Å². The lowest BCUT2D eigenvalue weighted by atomic mass is 10.2. The number of aromatic nitrogens is 3. The third-order valence-electron chi connectivity index (χ3n) is 3.29. The van der Waals surface area contributed by atoms with Crippen molar-refractivity contribution in [2.75, 3.05) is 5.32 Å². The van der Waals surface area contributed by atoms with Crippen LogP contribution in [0.25, 0.3) is 5.65 Å². The van der Waals surface area contributed by atoms with Gasteiger partial charge in [0.05, 0.1) is 10.2 Å². The standard InChI is InChI=1S/C15H13N5O3S/c1-10(24-15-18-17-13-8-4-5-9-19(13)15)14(21)16-11-6-2-3-7-12(11)20(22)23/h2-10H,1H3,(H,16,21). The lowest BCUT2D eigenvalue weighted by molar-refractivity contribution is -0.383. The van der Waals surface area contributed by atoms with Crippen LogP contribution in [0, 0.1) is 10.1 Å². The fourth-order valence-electron chi connectivity index (χ4n) is 2.08. The van der Waals surface area contributed by atoms with Gasteiger partial charge in [0.15, 0.2) is 10.8 Å². The molecule has 1 aromatic carbocycles. The topological polar surface area (TPSA) is 102 Å². The van der Waals surface area contributed by atoms with E-state index >= 15 is 0 Å². The third kappa shape index (κ3) is 3.20. The molecule has 1 atom stereocenters. The maximum absolute atomic E-state index is 12.3. The van der Waals surface area contributed by atoms with Crippen molar-refractivity contribution >= 4 is 34.7 Å². The number of nitro benzene ring substituents is 1. The Morgan fingerprint density at radius 1 is 1.25 bits per heavy atom. The molecule has 2 heterocycles. The lowest BCUT2D eigenvalue weighted by Crippen LogP contribution is -2.23. The number of thioether (sulfide) groups is 1. The molecule has 0 radical (unpaired) electrons. The Bertz CT molecular complexity index is 911. The number of nitrogens with zero attached hydrogens (tertiary/aromatic N) is 4. The number of para-hydroxylation sites is 2. The molecule has 8 nitrogen and oxygen atoms in total. The van der Waals surface area contributed by atoms with E-state index in [0.29, 0.717) is 10.8 Å². The van der Waals surface area contributed by atoms with Gasteiger partial charge in [0.1, 0.15) is 5.69 Å². The van der Waals surface area contributed by atoms with Crippen LogP contribution in [-0.4, -0.2) is 30.7 Å². The minimum Gasteiger partial charge on any atom is -0.319 e. The van der Waals surface area contributed by atoms with Crippen molar-refractivity contribution in [2.24, 2.45) is 0 Å². The SMILES string of the molecule is CC(Sc1nnc2ccccn12)C(=O)Nc1ccccc1[N+](=O)[O-]. The monoisotopic (exact) mass is 343 g/mol. The molecule has 3 aromatic rings. The largest absolute Gasteiger partial charge is 0.319 e. The van der Waals surface area contributed by atoms with Crippen molar-refractivity contribution in [3.8, 4) is 0 Å². The van der Waals surface area contributed by atoms with E-state index in [1.54, 1.807) is 23.5 Å². The summed E-state index contributed by atoms with van der Waals surface area (Å²) in [4.78, 5) is 22.8. The van der Waals surface area contributed by atoms with Gasteiger partial charge in [0, 0.05) is 12.3 Å². The van der Waals surface area contributed by atoms with Crippen LogP contribution in [-0.2, 0) is 4.79 Å². The Balaban J connectivity index is 1.75. The normalized spacial score (nSPS) is 12.0. The van der Waals surface area contributed by atoms with Crippen molar-refractivity contribution < 1.29 is 9.72 Å². The molecular weight excluding hydrogens is 330 g/mol. The number of carbonyl (C=O) groups excluding carboxylic acids is 1. The van der Waals surface area contributed by atoms with Crippen molar-refractivity contribution in [2.45, 2.75) is 17.3 Å². The first-order chi connectivity index (χ1) is 11.6. The molecule has 0 saturated heterocycles. The zero-order valence-electron chi connectivity index (χ0n) is 12.6. The van der Waals surface area contributed by atoms with E-state index in [4.69, 9.17) is 0 Å². The summed E-state index contributed by atoms with van der Waals surface area (Å²) >= 11 is 1.23. The van der Waals surface area contributed by atoms with E-state index < -0.39 is 10.2 Å². The Hall–Kier alpha value is -2.94. The highest BCUT2D eigenvalue weighted by Crippen LogP contribution is 2.26. The van der Waals surface area contributed by atoms with Crippen LogP contribution < -0.4 is 5.32 Å². The molecule has 0 aliphatic carbocycles. The number of hydrogen-bond donors (Lipinski definition) is 1. The number of benzene rings is 1. The maximum Gasteiger partial charge on any atom is 0.292 e. The molecule has 2 aromatic heterocycles. The average Bonchev–Trinajstić information content (AvgIpc) is 2.98. The van der Waals surface area contributed by atoms with Crippen LogP contribution in [0.1, 0.15) is 6.92 Å². The van der Waals surface area contributed by atoms with Crippen LogP contribution in [0.4, 0.5) is 11.4 Å². The second-order valence-corrected chi connectivity index (χ2v) is 6.24. The molecule has 1 amide bonds. The number of nitro groups is 1. The summed E-state index contributed by atoms with van der Waals surface area (Å²) in [6, 6.07) is 11.5. The Morgan fingerprint density at radius 3 is 2.79 bits per heavy atom. The van der Waals surface area contributed by atoms with Crippen LogP contribution in [0.15, 0.2) is 53.8 Å². The molecule has 24 heavy (non-hydrogen) atoms. The fraction of sp³-hybridized carbons (Fsp3) is 0.133. The summed E-state index contributed by atoms with van der Waals surface area (Å²) in [7, 11) is 0. The molecule has 0 saturated carbocycles. The van der Waals surface area contributed by atoms with Gasteiger partial charge in [-0.25, -0.2) is 0 Å². The number of carbonyl (C=O) groups is 1. The molecule has 9 heteroatoms. The molecule has 122 valence electrons. The van der Waals surface area contributed by atoms with Crippen molar-refractivity contribution in [3.05, 3.63) is 58.8 Å². The van der Waals surface area contributed by atoms with Crippen LogP contribution >= 0.6 is 11.8 Å². The van der Waals surface area contributed by atoms with Crippen LogP contribution in [0.2, 0.25) is 0 Å². The predicted octanol–water partition coefficient (Wildman–Crippen LogP) is 2.76. The van der Waals surface area contributed by atoms with E-state index in [1.165, 1.54) is 23.9 Å². The van der Waals surface area contributed by atoms with Crippen molar-refractivity contribution in [1.82, 2.24) is 14.6 Å². The zero-order valence-corrected chi connectivity index (χ0v) is 13.4. The minimum atomic E-state index is -0.528. The van der Waals surface area contributed by atoms with Gasteiger partial charge in [0.2, 0.25) is 5.91 Å². The Labute approximate surface area is 141 Å². The highest BCUT2D eigenvalue weighted by atomic mass is 32.2. The first kappa shape index (κ1) is 15.9. The van der Waals surface area contributed by atoms with Crippen molar-refractivity contribution in [3.63, 3.8) is 0 Å². The van der Waals surface area contributed by atoms with Crippen molar-refractivity contribution in [1.29, 1.82) is 0 Å². The van der Waals surface area contributed by atoms with Gasteiger partial charge >= 0.3 is 0 Å². The molecule has 0 bridgehead atoms. The first-order valence-electron chi connectivity index (χ1n) is 7.07. The van der Waals surface area contributed by atoms with Crippen LogP contribution in [0.5, 0.6) is 0 Å². The highest BCUT2D eigenvalue weighted by molar-refractivity contribution is 8.00. The van der Waals surface area contributed by atoms with Gasteiger partial charge in [-0.2, -0.15) is 0 Å². The molecule has 0 aliphatic rings. The number of pyridine rings is 1. The second kappa shape index (κ2) is 6.67. The third-order valence-corrected chi connectivity index (χ3v) is 4.35. The van der Waals surface area contributed by atoms with Gasteiger partial charge < -0.3 is 5.32 Å². The van der Waals surface area contributed by atoms with Gasteiger partial charge in [0.25, 0.3) is 5.69 Å². The zero-order chi connectivity index (χ0) is 17.1. The summed E-state index contributed by atoms with van der Waals surface area (Å²) in [6.45, 7) is 1.71. The molecule has 0 spiro atoms. The number of fused-ring (bicyclic) bond motifs is 1. The van der Waals surface area contributed by atoms with Gasteiger partial charge in [-0.3, -0.25) is 19.3 Å². The van der Waals surface area contributed by atoms with E-state index in [1.807, 2.05) is 24.4 Å². The van der Waals surface area contributed by atoms with E-state index in [2.05, 4.69) is 15.5 Å². The Morgan fingerprint density at radius 2 is 2.00 bits per heavy atom. The van der Waals surface area contributed by atoms with Gasteiger partial charge in [-0.15, -0.1) is 10.2 Å². The number of anilines is 1. The molecular formula is C15H13N5O3S. The number of nitrogens with one attached hydrogen (secondary N) is 1. The predicted molar refractivity (Wildman–Crippen MR) is 90.0 cm³/mol. The van der Waals surface area contributed by atoms with E-state index in [-0.39, 0.29) is 17.3 Å². The summed E-state index contributed by atoms with van der Waals surface area (Å²) in [5.41, 5.74) is 0.716. The second-order valence-electron chi connectivity index (χ2n) is 4.94. The number of amides is 1. The fourth-order valence-corrected chi connectivity index (χ4v) is 2.92. The number of rotatable bonds is 5. The summed E-state index contributed by atoms with van der Waals surface area (Å²) in [5.74, 6) is -0.345. The molecule has 1 unspecified atom stereocenters. The summed E-state index contributed by atoms with van der Waals surface area (Å²) < 4.78 is 1.78. The highest BCUT2D eigenvalue weighted by Gasteiger charge is 2.21. The lowest BCUT2D eigenvalue weighted by Gasteiger charge is -2.11. The number of hydrogen-bond acceptors (Lipinski definition) is 6. The molecule has 0 fully saturated rings. The minimum absolute atomic E-state index is 0.143. The Kier molecular flexibility index (Phi) is 4.43. The molecule has 1 N–H and O–H groups in total. The molecule has 0 aliphatic heterocycles. The van der Waals surface area contributed by atoms with E-state index in [9.17, 15) is 14.9 Å². The first-order valence-corrected chi connectivity index (χ1v) is 7.95. The quantitative estimate of drug-likeness (QED) is 0.434. The summed E-state index contributed by atoms with van der Waals surface area (Å²) in [6.07, 6.45) is 1.81. The van der Waals surface area contributed by atoms with Gasteiger partial charge in [-0.1, -0.05) is 30.0 Å². The molecule has 3 rings (SSSR count). The van der Waals surface area contributed by atoms with Crippen LogP contribution in [0.3, 0.4) is 0 Å². The summed E-state index contributed by atoms with van der Waals surface area (Å²) in [5, 5.41) is 21.8. The maximum atomic E-state index is 12.3. The average molecular weight is 343 g/mol.